The predicted octanol–water partition coefficient (Wildman–Crippen LogP) is 2.55. The summed E-state index contributed by atoms with van der Waals surface area (Å²) in [6.45, 7) is 0.0747. The summed E-state index contributed by atoms with van der Waals surface area (Å²) in [7, 11) is 0. The van der Waals surface area contributed by atoms with Crippen molar-refractivity contribution < 1.29 is 23.2 Å². The van der Waals surface area contributed by atoms with Gasteiger partial charge in [-0.15, -0.1) is 0 Å². The molecular formula is C12H11F3N2O2. The topological polar surface area (TPSA) is 52.9 Å². The van der Waals surface area contributed by atoms with Gasteiger partial charge in [0.05, 0.1) is 11.4 Å². The van der Waals surface area contributed by atoms with Crippen molar-refractivity contribution in [2.45, 2.75) is 19.0 Å². The van der Waals surface area contributed by atoms with Gasteiger partial charge in [0, 0.05) is 18.5 Å². The van der Waals surface area contributed by atoms with Crippen molar-refractivity contribution in [3.05, 3.63) is 29.8 Å². The first kappa shape index (κ1) is 13.4. The van der Waals surface area contributed by atoms with Crippen LogP contribution in [0.3, 0.4) is 0 Å². The molecule has 0 spiro atoms. The highest BCUT2D eigenvalue weighted by Crippen LogP contribution is 2.30. The summed E-state index contributed by atoms with van der Waals surface area (Å²) in [4.78, 5) is 12.8. The maximum Gasteiger partial charge on any atom is 0.397 e. The minimum absolute atomic E-state index is 0.0747. The van der Waals surface area contributed by atoms with Crippen molar-refractivity contribution in [3.8, 4) is 0 Å². The Morgan fingerprint density at radius 2 is 2.05 bits per heavy atom. The van der Waals surface area contributed by atoms with E-state index < -0.39 is 18.5 Å². The van der Waals surface area contributed by atoms with E-state index in [1.807, 2.05) is 0 Å². The first-order valence-corrected chi connectivity index (χ1v) is 5.60. The Bertz CT molecular complexity index is 526. The number of rotatable bonds is 1. The van der Waals surface area contributed by atoms with Crippen LogP contribution in [-0.2, 0) is 4.79 Å². The van der Waals surface area contributed by atoms with Crippen LogP contribution in [0, 0.1) is 0 Å². The van der Waals surface area contributed by atoms with Crippen LogP contribution >= 0.6 is 0 Å². The number of benzene rings is 1. The highest BCUT2D eigenvalue weighted by molar-refractivity contribution is 6.11. The van der Waals surface area contributed by atoms with E-state index in [1.165, 1.54) is 6.07 Å². The van der Waals surface area contributed by atoms with E-state index in [0.717, 1.165) is 4.90 Å². The molecule has 2 rings (SSSR count). The molecule has 0 aromatic heterocycles. The molecule has 0 radical (unpaired) electrons. The fourth-order valence-electron chi connectivity index (χ4n) is 2.06. The van der Waals surface area contributed by atoms with Crippen molar-refractivity contribution >= 4 is 17.3 Å². The van der Waals surface area contributed by atoms with Gasteiger partial charge < -0.3 is 10.1 Å². The van der Waals surface area contributed by atoms with Crippen LogP contribution in [0.5, 0.6) is 0 Å². The van der Waals surface area contributed by atoms with E-state index in [1.54, 1.807) is 18.2 Å². The molecule has 1 heterocycles. The average Bonchev–Trinajstić information content (AvgIpc) is 2.35. The number of oxime groups is 1. The van der Waals surface area contributed by atoms with Crippen LogP contribution in [0.15, 0.2) is 29.4 Å². The molecule has 0 saturated carbocycles. The Morgan fingerprint density at radius 1 is 1.37 bits per heavy atom. The lowest BCUT2D eigenvalue weighted by Gasteiger charge is -2.30. The monoisotopic (exact) mass is 272 g/mol. The van der Waals surface area contributed by atoms with Gasteiger partial charge in [-0.05, 0) is 6.07 Å². The molecule has 4 nitrogen and oxygen atoms in total. The van der Waals surface area contributed by atoms with Crippen LogP contribution in [0.25, 0.3) is 0 Å². The number of hydrogen-bond donors (Lipinski definition) is 1. The van der Waals surface area contributed by atoms with Crippen LogP contribution in [0.4, 0.5) is 18.9 Å². The molecule has 19 heavy (non-hydrogen) atoms. The van der Waals surface area contributed by atoms with E-state index in [4.69, 9.17) is 5.21 Å². The molecule has 0 atom stereocenters. The minimum atomic E-state index is -4.53. The third-order valence-electron chi connectivity index (χ3n) is 2.85. The van der Waals surface area contributed by atoms with Gasteiger partial charge in [-0.2, -0.15) is 13.2 Å². The van der Waals surface area contributed by atoms with Crippen LogP contribution in [-0.4, -0.2) is 29.5 Å². The number of nitrogens with zero attached hydrogens (tertiary/aromatic N) is 2. The number of anilines is 1. The Morgan fingerprint density at radius 3 is 2.68 bits per heavy atom. The summed E-state index contributed by atoms with van der Waals surface area (Å²) in [6, 6.07) is 6.43. The largest absolute Gasteiger partial charge is 0.411 e. The molecule has 1 aromatic carbocycles. The van der Waals surface area contributed by atoms with Crippen LogP contribution in [0.2, 0.25) is 0 Å². The van der Waals surface area contributed by atoms with Gasteiger partial charge in [0.2, 0.25) is 5.91 Å². The van der Waals surface area contributed by atoms with Crippen molar-refractivity contribution in [2.75, 3.05) is 11.4 Å². The Hall–Kier alpha value is -2.05. The third kappa shape index (κ3) is 2.86. The molecule has 1 aliphatic heterocycles. The summed E-state index contributed by atoms with van der Waals surface area (Å²) >= 11 is 0. The van der Waals surface area contributed by atoms with E-state index >= 15 is 0 Å². The second-order valence-electron chi connectivity index (χ2n) is 4.15. The zero-order valence-electron chi connectivity index (χ0n) is 9.81. The predicted molar refractivity (Wildman–Crippen MR) is 62.4 cm³/mol. The Kier molecular flexibility index (Phi) is 3.46. The van der Waals surface area contributed by atoms with E-state index in [9.17, 15) is 18.0 Å². The molecule has 0 saturated heterocycles. The summed E-state index contributed by atoms with van der Waals surface area (Å²) in [6.07, 6.45) is -5.80. The van der Waals surface area contributed by atoms with Crippen molar-refractivity contribution in [2.24, 2.45) is 5.16 Å². The SMILES string of the molecule is O=C(CC(F)(F)F)N1CCC(=NO)c2ccccc21. The first-order valence-electron chi connectivity index (χ1n) is 5.60. The van der Waals surface area contributed by atoms with E-state index in [2.05, 4.69) is 5.16 Å². The van der Waals surface area contributed by atoms with Gasteiger partial charge in [0.15, 0.2) is 0 Å². The molecule has 1 aliphatic rings. The molecule has 7 heteroatoms. The highest BCUT2D eigenvalue weighted by Gasteiger charge is 2.35. The number of amides is 1. The molecule has 0 aliphatic carbocycles. The number of para-hydroxylation sites is 1. The normalized spacial score (nSPS) is 17.4. The smallest absolute Gasteiger partial charge is 0.397 e. The lowest BCUT2D eigenvalue weighted by Crippen LogP contribution is -2.39. The second-order valence-corrected chi connectivity index (χ2v) is 4.15. The quantitative estimate of drug-likeness (QED) is 0.631. The maximum atomic E-state index is 12.3. The zero-order valence-corrected chi connectivity index (χ0v) is 9.81. The number of alkyl halides is 3. The lowest BCUT2D eigenvalue weighted by atomic mass is 9.99. The summed E-state index contributed by atoms with van der Waals surface area (Å²) in [5.41, 5.74) is 1.19. The highest BCUT2D eigenvalue weighted by atomic mass is 19.4. The number of carbonyl (C=O) groups is 1. The first-order chi connectivity index (χ1) is 8.92. The summed E-state index contributed by atoms with van der Waals surface area (Å²) in [5.74, 6) is -1.00. The number of carbonyl (C=O) groups excluding carboxylic acids is 1. The number of halogens is 3. The average molecular weight is 272 g/mol. The second kappa shape index (κ2) is 4.91. The van der Waals surface area contributed by atoms with Gasteiger partial charge in [-0.3, -0.25) is 4.79 Å². The van der Waals surface area contributed by atoms with Gasteiger partial charge in [0.25, 0.3) is 0 Å². The minimum Gasteiger partial charge on any atom is -0.411 e. The van der Waals surface area contributed by atoms with Gasteiger partial charge >= 0.3 is 6.18 Å². The molecular weight excluding hydrogens is 261 g/mol. The van der Waals surface area contributed by atoms with Gasteiger partial charge in [-0.1, -0.05) is 23.4 Å². The Balaban J connectivity index is 2.32. The van der Waals surface area contributed by atoms with Crippen molar-refractivity contribution in [1.29, 1.82) is 0 Å². The zero-order chi connectivity index (χ0) is 14.0. The molecule has 1 aromatic rings. The lowest BCUT2D eigenvalue weighted by molar-refractivity contribution is -0.151. The van der Waals surface area contributed by atoms with Crippen molar-refractivity contribution in [1.82, 2.24) is 0 Å². The molecule has 0 bridgehead atoms. The van der Waals surface area contributed by atoms with Gasteiger partial charge in [0.1, 0.15) is 6.42 Å². The van der Waals surface area contributed by atoms with E-state index in [0.29, 0.717) is 17.0 Å². The Labute approximate surface area is 107 Å². The van der Waals surface area contributed by atoms with Crippen LogP contribution in [0.1, 0.15) is 18.4 Å². The summed E-state index contributed by atoms with van der Waals surface area (Å²) < 4.78 is 36.8. The standard InChI is InChI=1S/C12H11F3N2O2/c13-12(14,15)7-11(18)17-6-5-9(16-19)8-3-1-2-4-10(8)17/h1-4,19H,5-7H2. The van der Waals surface area contributed by atoms with Gasteiger partial charge in [-0.25, -0.2) is 0 Å². The number of hydrogen-bond acceptors (Lipinski definition) is 3. The molecule has 0 fully saturated rings. The van der Waals surface area contributed by atoms with Crippen LogP contribution < -0.4 is 4.90 Å². The number of fused-ring (bicyclic) bond motifs is 1. The molecule has 0 unspecified atom stereocenters. The van der Waals surface area contributed by atoms with E-state index in [-0.39, 0.29) is 13.0 Å². The maximum absolute atomic E-state index is 12.3. The molecule has 1 amide bonds. The molecule has 102 valence electrons. The fourth-order valence-corrected chi connectivity index (χ4v) is 2.06. The third-order valence-corrected chi connectivity index (χ3v) is 2.85. The van der Waals surface area contributed by atoms with Crippen molar-refractivity contribution in [3.63, 3.8) is 0 Å². The summed E-state index contributed by atoms with van der Waals surface area (Å²) in [5, 5.41) is 12.0. The molecule has 1 N–H and O–H groups in total. The fraction of sp³-hybridized carbons (Fsp3) is 0.333.